The Balaban J connectivity index is 1.98. The van der Waals surface area contributed by atoms with E-state index in [9.17, 15) is 0 Å². The summed E-state index contributed by atoms with van der Waals surface area (Å²) in [7, 11) is 1.67. The fraction of sp³-hybridized carbons (Fsp3) is 0.350. The number of methoxy groups -OCH3 is 1. The zero-order chi connectivity index (χ0) is 18.1. The van der Waals surface area contributed by atoms with Gasteiger partial charge in [-0.3, -0.25) is 0 Å². The van der Waals surface area contributed by atoms with Gasteiger partial charge in [0.2, 0.25) is 0 Å². The molecule has 2 rings (SSSR count). The molecule has 2 aromatic rings. The first-order chi connectivity index (χ1) is 12.1. The number of para-hydroxylation sites is 2. The number of anilines is 1. The normalized spacial score (nSPS) is 12.7. The van der Waals surface area contributed by atoms with E-state index >= 15 is 0 Å². The third kappa shape index (κ3) is 5.80. The van der Waals surface area contributed by atoms with Crippen LogP contribution in [0.15, 0.2) is 53.5 Å². The number of rotatable bonds is 8. The van der Waals surface area contributed by atoms with Gasteiger partial charge >= 0.3 is 0 Å². The summed E-state index contributed by atoms with van der Waals surface area (Å²) in [5, 5.41) is 3.14. The first-order valence-electron chi connectivity index (χ1n) is 8.50. The van der Waals surface area contributed by atoms with Crippen molar-refractivity contribution in [3.63, 3.8) is 0 Å². The number of aliphatic imine (C=N–C) groups is 1. The second kappa shape index (κ2) is 9.69. The smallest absolute Gasteiger partial charge is 0.193 e. The van der Waals surface area contributed by atoms with E-state index in [1.807, 2.05) is 55.5 Å². The second-order valence-corrected chi connectivity index (χ2v) is 5.85. The van der Waals surface area contributed by atoms with Gasteiger partial charge in [0, 0.05) is 18.4 Å². The van der Waals surface area contributed by atoms with E-state index in [1.54, 1.807) is 7.11 Å². The molecule has 0 heterocycles. The Morgan fingerprint density at radius 2 is 1.88 bits per heavy atom. The number of hydrogen-bond donors (Lipinski definition) is 2. The molecule has 0 bridgehead atoms. The molecule has 0 saturated heterocycles. The summed E-state index contributed by atoms with van der Waals surface area (Å²) in [6.07, 6.45) is 0.835. The van der Waals surface area contributed by atoms with Crippen LogP contribution in [-0.2, 0) is 11.3 Å². The Hall–Kier alpha value is -2.53. The molecule has 0 aromatic heterocycles. The van der Waals surface area contributed by atoms with Gasteiger partial charge in [0.1, 0.15) is 11.9 Å². The van der Waals surface area contributed by atoms with Gasteiger partial charge in [-0.15, -0.1) is 0 Å². The van der Waals surface area contributed by atoms with Crippen LogP contribution in [0.4, 0.5) is 5.69 Å². The molecule has 0 aliphatic carbocycles. The van der Waals surface area contributed by atoms with E-state index in [1.165, 1.54) is 0 Å². The molecule has 1 atom stereocenters. The zero-order valence-electron chi connectivity index (χ0n) is 15.2. The predicted molar refractivity (Wildman–Crippen MR) is 103 cm³/mol. The van der Waals surface area contributed by atoms with Crippen LogP contribution in [0, 0.1) is 6.92 Å². The Bertz CT molecular complexity index is 701. The maximum atomic E-state index is 6.05. The molecule has 134 valence electrons. The van der Waals surface area contributed by atoms with Gasteiger partial charge in [0.25, 0.3) is 0 Å². The van der Waals surface area contributed by atoms with Crippen LogP contribution in [0.25, 0.3) is 0 Å². The first-order valence-corrected chi connectivity index (χ1v) is 8.50. The van der Waals surface area contributed by atoms with Crippen molar-refractivity contribution in [3.8, 4) is 5.75 Å². The summed E-state index contributed by atoms with van der Waals surface area (Å²) < 4.78 is 11.2. The summed E-state index contributed by atoms with van der Waals surface area (Å²) in [6.45, 7) is 5.13. The minimum atomic E-state index is -0.0179. The number of guanidine groups is 1. The molecule has 0 aliphatic rings. The fourth-order valence-electron chi connectivity index (χ4n) is 2.42. The first kappa shape index (κ1) is 18.8. The molecular weight excluding hydrogens is 314 g/mol. The second-order valence-electron chi connectivity index (χ2n) is 5.85. The molecule has 0 radical (unpaired) electrons. The van der Waals surface area contributed by atoms with E-state index < -0.39 is 0 Å². The maximum absolute atomic E-state index is 6.05. The minimum absolute atomic E-state index is 0.0179. The third-order valence-electron chi connectivity index (χ3n) is 3.89. The van der Waals surface area contributed by atoms with Crippen molar-refractivity contribution in [2.45, 2.75) is 33.0 Å². The SMILES string of the molecule is CCC(CN=C(N)Nc1ccccc1COC)Oc1ccccc1C. The van der Waals surface area contributed by atoms with Crippen molar-refractivity contribution >= 4 is 11.6 Å². The third-order valence-corrected chi connectivity index (χ3v) is 3.89. The highest BCUT2D eigenvalue weighted by Gasteiger charge is 2.10. The van der Waals surface area contributed by atoms with Crippen LogP contribution in [0.1, 0.15) is 24.5 Å². The number of aryl methyl sites for hydroxylation is 1. The largest absolute Gasteiger partial charge is 0.488 e. The molecule has 5 nitrogen and oxygen atoms in total. The molecule has 0 spiro atoms. The van der Waals surface area contributed by atoms with Gasteiger partial charge in [0.05, 0.1) is 13.2 Å². The van der Waals surface area contributed by atoms with Crippen molar-refractivity contribution < 1.29 is 9.47 Å². The molecule has 0 fully saturated rings. The van der Waals surface area contributed by atoms with E-state index in [0.29, 0.717) is 19.1 Å². The Morgan fingerprint density at radius 1 is 1.16 bits per heavy atom. The molecule has 0 aliphatic heterocycles. The molecule has 3 N–H and O–H groups in total. The van der Waals surface area contributed by atoms with Crippen LogP contribution in [0.2, 0.25) is 0 Å². The van der Waals surface area contributed by atoms with Crippen molar-refractivity contribution in [2.24, 2.45) is 10.7 Å². The number of hydrogen-bond acceptors (Lipinski definition) is 3. The summed E-state index contributed by atoms with van der Waals surface area (Å²) in [5.74, 6) is 1.26. The average molecular weight is 341 g/mol. The molecular formula is C20H27N3O2. The molecule has 25 heavy (non-hydrogen) atoms. The van der Waals surface area contributed by atoms with E-state index in [-0.39, 0.29) is 6.10 Å². The van der Waals surface area contributed by atoms with E-state index in [0.717, 1.165) is 29.0 Å². The molecule has 5 heteroatoms. The average Bonchev–Trinajstić information content (AvgIpc) is 2.62. The lowest BCUT2D eigenvalue weighted by Gasteiger charge is -2.18. The summed E-state index contributed by atoms with van der Waals surface area (Å²) in [4.78, 5) is 4.44. The number of benzene rings is 2. The summed E-state index contributed by atoms with van der Waals surface area (Å²) in [6, 6.07) is 15.9. The molecule has 2 aromatic carbocycles. The van der Waals surface area contributed by atoms with Gasteiger partial charge in [0.15, 0.2) is 5.96 Å². The fourth-order valence-corrected chi connectivity index (χ4v) is 2.42. The number of ether oxygens (including phenoxy) is 2. The van der Waals surface area contributed by atoms with E-state index in [2.05, 4.69) is 17.2 Å². The highest BCUT2D eigenvalue weighted by atomic mass is 16.5. The Kier molecular flexibility index (Phi) is 7.29. The topological polar surface area (TPSA) is 68.9 Å². The van der Waals surface area contributed by atoms with Crippen molar-refractivity contribution in [2.75, 3.05) is 19.0 Å². The van der Waals surface area contributed by atoms with Crippen molar-refractivity contribution in [1.29, 1.82) is 0 Å². The summed E-state index contributed by atoms with van der Waals surface area (Å²) in [5.41, 5.74) is 9.09. The quantitative estimate of drug-likeness (QED) is 0.567. The van der Waals surface area contributed by atoms with Crippen LogP contribution in [-0.4, -0.2) is 25.7 Å². The van der Waals surface area contributed by atoms with Crippen LogP contribution < -0.4 is 15.8 Å². The van der Waals surface area contributed by atoms with Crippen LogP contribution in [0.5, 0.6) is 5.75 Å². The lowest BCUT2D eigenvalue weighted by molar-refractivity contribution is 0.185. The lowest BCUT2D eigenvalue weighted by Crippen LogP contribution is -2.27. The number of nitrogens with one attached hydrogen (secondary N) is 1. The Labute approximate surface area is 149 Å². The highest BCUT2D eigenvalue weighted by molar-refractivity contribution is 5.92. The molecule has 0 amide bonds. The zero-order valence-corrected chi connectivity index (χ0v) is 15.2. The van der Waals surface area contributed by atoms with E-state index in [4.69, 9.17) is 15.2 Å². The standard InChI is InChI=1S/C20H27N3O2/c1-4-17(25-19-12-8-5-9-15(19)2)13-22-20(21)23-18-11-7-6-10-16(18)14-24-3/h5-12,17H,4,13-14H2,1-3H3,(H3,21,22,23). The van der Waals surface area contributed by atoms with Gasteiger partial charge in [-0.25, -0.2) is 4.99 Å². The van der Waals surface area contributed by atoms with Gasteiger partial charge in [-0.05, 0) is 31.0 Å². The Morgan fingerprint density at radius 3 is 2.60 bits per heavy atom. The van der Waals surface area contributed by atoms with Crippen LogP contribution in [0.3, 0.4) is 0 Å². The van der Waals surface area contributed by atoms with Gasteiger partial charge < -0.3 is 20.5 Å². The molecule has 0 saturated carbocycles. The summed E-state index contributed by atoms with van der Waals surface area (Å²) >= 11 is 0. The predicted octanol–water partition coefficient (Wildman–Crippen LogP) is 3.73. The van der Waals surface area contributed by atoms with Gasteiger partial charge in [-0.1, -0.05) is 43.3 Å². The van der Waals surface area contributed by atoms with Crippen molar-refractivity contribution in [1.82, 2.24) is 0 Å². The number of nitrogens with two attached hydrogens (primary N) is 1. The molecule has 1 unspecified atom stereocenters. The van der Waals surface area contributed by atoms with Gasteiger partial charge in [-0.2, -0.15) is 0 Å². The number of nitrogens with zero attached hydrogens (tertiary/aromatic N) is 1. The van der Waals surface area contributed by atoms with Crippen LogP contribution >= 0.6 is 0 Å². The monoisotopic (exact) mass is 341 g/mol. The maximum Gasteiger partial charge on any atom is 0.193 e. The minimum Gasteiger partial charge on any atom is -0.488 e. The highest BCUT2D eigenvalue weighted by Crippen LogP contribution is 2.19. The van der Waals surface area contributed by atoms with Crippen molar-refractivity contribution in [3.05, 3.63) is 59.7 Å². The lowest BCUT2D eigenvalue weighted by atomic mass is 10.2.